The lowest BCUT2D eigenvalue weighted by molar-refractivity contribution is -0.144. The van der Waals surface area contributed by atoms with Gasteiger partial charge in [-0.3, -0.25) is 10.1 Å². The average molecular weight is 297 g/mol. The Morgan fingerprint density at radius 3 is 2.52 bits per heavy atom. The van der Waals surface area contributed by atoms with Gasteiger partial charge in [-0.05, 0) is 25.0 Å². The number of esters is 1. The number of hydrogen-bond acceptors (Lipinski definition) is 4. The van der Waals surface area contributed by atoms with Crippen molar-refractivity contribution in [3.8, 4) is 5.75 Å². The van der Waals surface area contributed by atoms with Crippen molar-refractivity contribution in [3.05, 3.63) is 29.6 Å². The number of benzene rings is 1. The molecule has 1 N–H and O–H groups in total. The van der Waals surface area contributed by atoms with Crippen molar-refractivity contribution in [2.24, 2.45) is 5.92 Å². The molecular weight excluding hydrogens is 273 g/mol. The highest BCUT2D eigenvalue weighted by Gasteiger charge is 2.28. The minimum Gasteiger partial charge on any atom is -0.496 e. The van der Waals surface area contributed by atoms with E-state index in [9.17, 15) is 9.18 Å². The van der Waals surface area contributed by atoms with Crippen molar-refractivity contribution in [2.75, 3.05) is 14.2 Å². The van der Waals surface area contributed by atoms with Gasteiger partial charge in [-0.15, -0.1) is 0 Å². The predicted molar refractivity (Wildman–Crippen MR) is 79.8 cm³/mol. The molecule has 0 saturated carbocycles. The molecule has 1 aromatic rings. The summed E-state index contributed by atoms with van der Waals surface area (Å²) in [5.74, 6) is -0.158. The van der Waals surface area contributed by atoms with Gasteiger partial charge in [0.05, 0.1) is 14.2 Å². The van der Waals surface area contributed by atoms with Crippen molar-refractivity contribution in [1.29, 1.82) is 0 Å². The second-order valence-electron chi connectivity index (χ2n) is 5.13. The third kappa shape index (κ3) is 4.17. The molecule has 0 aliphatic heterocycles. The van der Waals surface area contributed by atoms with Crippen LogP contribution in [0.15, 0.2) is 18.2 Å². The maximum Gasteiger partial charge on any atom is 0.323 e. The van der Waals surface area contributed by atoms with Gasteiger partial charge < -0.3 is 9.47 Å². The number of rotatable bonds is 7. The first-order chi connectivity index (χ1) is 9.96. The van der Waals surface area contributed by atoms with Gasteiger partial charge in [-0.2, -0.15) is 0 Å². The number of methoxy groups -OCH3 is 2. The van der Waals surface area contributed by atoms with E-state index >= 15 is 0 Å². The summed E-state index contributed by atoms with van der Waals surface area (Å²) in [7, 11) is 2.85. The lowest BCUT2D eigenvalue weighted by Crippen LogP contribution is -2.43. The van der Waals surface area contributed by atoms with E-state index in [1.807, 2.05) is 13.8 Å². The Hall–Kier alpha value is -1.62. The van der Waals surface area contributed by atoms with Crippen molar-refractivity contribution < 1.29 is 18.7 Å². The van der Waals surface area contributed by atoms with Gasteiger partial charge in [0.1, 0.15) is 17.6 Å². The predicted octanol–water partition coefficient (Wildman–Crippen LogP) is 3.07. The van der Waals surface area contributed by atoms with E-state index in [0.29, 0.717) is 11.3 Å². The number of ether oxygens (including phenoxy) is 2. The van der Waals surface area contributed by atoms with Crippen LogP contribution in [-0.2, 0) is 9.53 Å². The van der Waals surface area contributed by atoms with Crippen LogP contribution in [0, 0.1) is 11.7 Å². The molecule has 0 amide bonds. The normalized spacial score (nSPS) is 15.1. The fraction of sp³-hybridized carbons (Fsp3) is 0.562. The monoisotopic (exact) mass is 297 g/mol. The number of halogens is 1. The molecule has 0 fully saturated rings. The van der Waals surface area contributed by atoms with E-state index in [1.54, 1.807) is 19.1 Å². The standard InChI is InChI=1S/C16H24FNO3/c1-6-10(2)15(16(19)21-5)18-11(3)14-12(17)8-7-9-13(14)20-4/h7-11,15,18H,6H2,1-5H3. The van der Waals surface area contributed by atoms with Crippen molar-refractivity contribution >= 4 is 5.97 Å². The number of hydrogen-bond donors (Lipinski definition) is 1. The van der Waals surface area contributed by atoms with Crippen LogP contribution in [0.3, 0.4) is 0 Å². The quantitative estimate of drug-likeness (QED) is 0.786. The van der Waals surface area contributed by atoms with Crippen molar-refractivity contribution in [2.45, 2.75) is 39.3 Å². The Balaban J connectivity index is 3.02. The van der Waals surface area contributed by atoms with Crippen LogP contribution in [0.5, 0.6) is 5.75 Å². The Kier molecular flexibility index (Phi) is 6.62. The van der Waals surface area contributed by atoms with Crippen LogP contribution in [0.25, 0.3) is 0 Å². The highest BCUT2D eigenvalue weighted by atomic mass is 19.1. The molecule has 0 spiro atoms. The molecule has 1 rings (SSSR count). The molecule has 0 aromatic heterocycles. The Morgan fingerprint density at radius 2 is 2.00 bits per heavy atom. The molecule has 3 unspecified atom stereocenters. The van der Waals surface area contributed by atoms with Gasteiger partial charge in [0.2, 0.25) is 0 Å². The van der Waals surface area contributed by atoms with Gasteiger partial charge in [0.15, 0.2) is 0 Å². The fourth-order valence-corrected chi connectivity index (χ4v) is 2.30. The van der Waals surface area contributed by atoms with Crippen LogP contribution in [0.1, 0.15) is 38.8 Å². The fourth-order valence-electron chi connectivity index (χ4n) is 2.30. The number of carbonyl (C=O) groups excluding carboxylic acids is 1. The van der Waals surface area contributed by atoms with E-state index < -0.39 is 6.04 Å². The molecule has 5 heteroatoms. The van der Waals surface area contributed by atoms with Crippen LogP contribution in [0.2, 0.25) is 0 Å². The Morgan fingerprint density at radius 1 is 1.33 bits per heavy atom. The molecule has 0 saturated heterocycles. The minimum atomic E-state index is -0.487. The van der Waals surface area contributed by atoms with Crippen LogP contribution in [-0.4, -0.2) is 26.2 Å². The first kappa shape index (κ1) is 17.4. The molecule has 0 aliphatic rings. The maximum absolute atomic E-state index is 14.1. The summed E-state index contributed by atoms with van der Waals surface area (Å²) in [6.45, 7) is 5.76. The highest BCUT2D eigenvalue weighted by Crippen LogP contribution is 2.28. The zero-order valence-corrected chi connectivity index (χ0v) is 13.3. The average Bonchev–Trinajstić information content (AvgIpc) is 2.50. The molecule has 0 aliphatic carbocycles. The number of nitrogens with one attached hydrogen (secondary N) is 1. The molecule has 0 bridgehead atoms. The number of carbonyl (C=O) groups is 1. The minimum absolute atomic E-state index is 0.0812. The van der Waals surface area contributed by atoms with E-state index in [4.69, 9.17) is 9.47 Å². The highest BCUT2D eigenvalue weighted by molar-refractivity contribution is 5.76. The van der Waals surface area contributed by atoms with Gasteiger partial charge in [0.25, 0.3) is 0 Å². The van der Waals surface area contributed by atoms with E-state index in [1.165, 1.54) is 20.3 Å². The largest absolute Gasteiger partial charge is 0.496 e. The molecule has 3 atom stereocenters. The second kappa shape index (κ2) is 7.98. The SMILES string of the molecule is CCC(C)C(NC(C)c1c(F)cccc1OC)C(=O)OC. The molecule has 4 nitrogen and oxygen atoms in total. The summed E-state index contributed by atoms with van der Waals surface area (Å²) in [6.07, 6.45) is 0.813. The van der Waals surface area contributed by atoms with Gasteiger partial charge in [-0.1, -0.05) is 26.3 Å². The third-order valence-electron chi connectivity index (χ3n) is 3.76. The zero-order chi connectivity index (χ0) is 16.0. The summed E-state index contributed by atoms with van der Waals surface area (Å²) in [4.78, 5) is 11.9. The first-order valence-electron chi connectivity index (χ1n) is 7.12. The molecule has 0 heterocycles. The molecular formula is C16H24FNO3. The second-order valence-corrected chi connectivity index (χ2v) is 5.13. The van der Waals surface area contributed by atoms with Gasteiger partial charge >= 0.3 is 5.97 Å². The lowest BCUT2D eigenvalue weighted by atomic mass is 9.97. The summed E-state index contributed by atoms with van der Waals surface area (Å²) in [5.41, 5.74) is 0.414. The zero-order valence-electron chi connectivity index (χ0n) is 13.3. The van der Waals surface area contributed by atoms with Crippen LogP contribution in [0.4, 0.5) is 4.39 Å². The lowest BCUT2D eigenvalue weighted by Gasteiger charge is -2.27. The van der Waals surface area contributed by atoms with E-state index in [0.717, 1.165) is 6.42 Å². The Labute approximate surface area is 125 Å². The first-order valence-corrected chi connectivity index (χ1v) is 7.12. The van der Waals surface area contributed by atoms with E-state index in [-0.39, 0.29) is 23.7 Å². The van der Waals surface area contributed by atoms with Gasteiger partial charge in [0, 0.05) is 11.6 Å². The summed E-state index contributed by atoms with van der Waals surface area (Å²) in [6, 6.07) is 3.81. The van der Waals surface area contributed by atoms with Gasteiger partial charge in [-0.25, -0.2) is 4.39 Å². The van der Waals surface area contributed by atoms with E-state index in [2.05, 4.69) is 5.32 Å². The van der Waals surface area contributed by atoms with Crippen molar-refractivity contribution in [1.82, 2.24) is 5.32 Å². The van der Waals surface area contributed by atoms with Crippen LogP contribution >= 0.6 is 0 Å². The Bertz CT molecular complexity index is 479. The van der Waals surface area contributed by atoms with Crippen LogP contribution < -0.4 is 10.1 Å². The molecule has 21 heavy (non-hydrogen) atoms. The molecule has 1 aromatic carbocycles. The molecule has 118 valence electrons. The summed E-state index contributed by atoms with van der Waals surface area (Å²) >= 11 is 0. The maximum atomic E-state index is 14.1. The summed E-state index contributed by atoms with van der Waals surface area (Å²) in [5, 5.41) is 3.16. The summed E-state index contributed by atoms with van der Waals surface area (Å²) < 4.78 is 24.1. The van der Waals surface area contributed by atoms with Crippen molar-refractivity contribution in [3.63, 3.8) is 0 Å². The molecule has 0 radical (unpaired) electrons. The topological polar surface area (TPSA) is 47.6 Å². The smallest absolute Gasteiger partial charge is 0.323 e. The third-order valence-corrected chi connectivity index (χ3v) is 3.76.